The van der Waals surface area contributed by atoms with Gasteiger partial charge in [0.25, 0.3) is 0 Å². The first-order valence-electron chi connectivity index (χ1n) is 5.50. The largest absolute Gasteiger partial charge is 0.508 e. The molecule has 1 fully saturated rings. The first-order chi connectivity index (χ1) is 8.58. The van der Waals surface area contributed by atoms with Gasteiger partial charge in [-0.2, -0.15) is 0 Å². The highest BCUT2D eigenvalue weighted by atomic mass is 16.6. The third-order valence-electron chi connectivity index (χ3n) is 2.69. The molecular formula is C11H12N2O5. The van der Waals surface area contributed by atoms with Gasteiger partial charge >= 0.3 is 11.7 Å². The van der Waals surface area contributed by atoms with E-state index in [9.17, 15) is 20.0 Å². The highest BCUT2D eigenvalue weighted by Gasteiger charge is 2.26. The number of rotatable bonds is 3. The van der Waals surface area contributed by atoms with Crippen LogP contribution in [0.25, 0.3) is 0 Å². The lowest BCUT2D eigenvalue weighted by Crippen LogP contribution is -2.34. The van der Waals surface area contributed by atoms with E-state index in [1.807, 2.05) is 0 Å². The zero-order valence-corrected chi connectivity index (χ0v) is 9.46. The quantitative estimate of drug-likeness (QED) is 0.359. The first kappa shape index (κ1) is 12.3. The van der Waals surface area contributed by atoms with Gasteiger partial charge in [-0.15, -0.1) is 0 Å². The first-order valence-corrected chi connectivity index (χ1v) is 5.50. The summed E-state index contributed by atoms with van der Waals surface area (Å²) in [5.41, 5.74) is -0.429. The molecule has 0 saturated carbocycles. The van der Waals surface area contributed by atoms with Crippen LogP contribution in [0.5, 0.6) is 11.5 Å². The second kappa shape index (κ2) is 5.01. The molecule has 0 spiro atoms. The van der Waals surface area contributed by atoms with Crippen molar-refractivity contribution in [2.24, 2.45) is 0 Å². The molecule has 0 bridgehead atoms. The number of ether oxygens (including phenoxy) is 1. The lowest BCUT2D eigenvalue weighted by atomic mass is 10.2. The summed E-state index contributed by atoms with van der Waals surface area (Å²) in [6.07, 6.45) is 1.53. The van der Waals surface area contributed by atoms with Gasteiger partial charge in [-0.1, -0.05) is 0 Å². The Kier molecular flexibility index (Phi) is 3.42. The molecule has 18 heavy (non-hydrogen) atoms. The van der Waals surface area contributed by atoms with Crippen molar-refractivity contribution in [3.05, 3.63) is 28.3 Å². The predicted octanol–water partition coefficient (Wildman–Crippen LogP) is 0.958. The SMILES string of the molecule is O=C(Oc1ccc(O)cc1[N+](=O)[O-])[C@@H]1CCCN1. The van der Waals surface area contributed by atoms with E-state index in [1.54, 1.807) is 0 Å². The molecule has 1 aromatic rings. The van der Waals surface area contributed by atoms with Gasteiger partial charge in [-0.25, -0.2) is 4.79 Å². The summed E-state index contributed by atoms with van der Waals surface area (Å²) in [5.74, 6) is -0.946. The molecule has 0 aliphatic carbocycles. The summed E-state index contributed by atoms with van der Waals surface area (Å²) >= 11 is 0. The molecule has 7 nitrogen and oxygen atoms in total. The maximum absolute atomic E-state index is 11.7. The van der Waals surface area contributed by atoms with Crippen LogP contribution < -0.4 is 10.1 Å². The molecule has 96 valence electrons. The van der Waals surface area contributed by atoms with Crippen molar-refractivity contribution in [3.63, 3.8) is 0 Å². The number of nitrogens with zero attached hydrogens (tertiary/aromatic N) is 1. The number of nitrogens with one attached hydrogen (secondary N) is 1. The average Bonchev–Trinajstić information content (AvgIpc) is 2.84. The van der Waals surface area contributed by atoms with Crippen molar-refractivity contribution >= 4 is 11.7 Å². The fraction of sp³-hybridized carbons (Fsp3) is 0.364. The summed E-state index contributed by atoms with van der Waals surface area (Å²) < 4.78 is 4.99. The molecule has 0 amide bonds. The van der Waals surface area contributed by atoms with E-state index in [1.165, 1.54) is 12.1 Å². The number of carbonyl (C=O) groups excluding carboxylic acids is 1. The molecule has 2 rings (SSSR count). The molecule has 2 N–H and O–H groups in total. The second-order valence-corrected chi connectivity index (χ2v) is 3.98. The van der Waals surface area contributed by atoms with E-state index in [2.05, 4.69) is 5.32 Å². The maximum atomic E-state index is 11.7. The number of hydrogen-bond acceptors (Lipinski definition) is 6. The Bertz CT molecular complexity index is 482. The van der Waals surface area contributed by atoms with Crippen LogP contribution in [0.4, 0.5) is 5.69 Å². The maximum Gasteiger partial charge on any atom is 0.328 e. The normalized spacial score (nSPS) is 18.6. The van der Waals surface area contributed by atoms with E-state index in [4.69, 9.17) is 4.74 Å². The topological polar surface area (TPSA) is 102 Å². The molecule has 1 aromatic carbocycles. The van der Waals surface area contributed by atoms with Gasteiger partial charge < -0.3 is 15.2 Å². The summed E-state index contributed by atoms with van der Waals surface area (Å²) in [6.45, 7) is 0.734. The van der Waals surface area contributed by atoms with Crippen molar-refractivity contribution in [2.75, 3.05) is 6.54 Å². The van der Waals surface area contributed by atoms with Gasteiger partial charge in [0.15, 0.2) is 0 Å². The van der Waals surface area contributed by atoms with Gasteiger partial charge in [-0.05, 0) is 31.5 Å². The fourth-order valence-corrected chi connectivity index (χ4v) is 1.80. The lowest BCUT2D eigenvalue weighted by molar-refractivity contribution is -0.385. The molecule has 0 radical (unpaired) electrons. The smallest absolute Gasteiger partial charge is 0.328 e. The third kappa shape index (κ3) is 2.57. The van der Waals surface area contributed by atoms with Crippen molar-refractivity contribution in [1.82, 2.24) is 5.32 Å². The number of esters is 1. The van der Waals surface area contributed by atoms with Gasteiger partial charge in [-0.3, -0.25) is 10.1 Å². The van der Waals surface area contributed by atoms with Crippen LogP contribution in [0.3, 0.4) is 0 Å². The van der Waals surface area contributed by atoms with Crippen LogP contribution in [0, 0.1) is 10.1 Å². The molecule has 7 heteroatoms. The van der Waals surface area contributed by atoms with Crippen LogP contribution in [0.1, 0.15) is 12.8 Å². The van der Waals surface area contributed by atoms with Gasteiger partial charge in [0.1, 0.15) is 11.8 Å². The monoisotopic (exact) mass is 252 g/mol. The van der Waals surface area contributed by atoms with Crippen LogP contribution in [-0.4, -0.2) is 28.6 Å². The average molecular weight is 252 g/mol. The molecule has 1 saturated heterocycles. The summed E-state index contributed by atoms with van der Waals surface area (Å²) in [4.78, 5) is 21.8. The number of hydrogen-bond donors (Lipinski definition) is 2. The molecule has 0 unspecified atom stereocenters. The van der Waals surface area contributed by atoms with Crippen LogP contribution in [-0.2, 0) is 4.79 Å². The number of phenols is 1. The molecule has 1 aliphatic heterocycles. The Morgan fingerprint density at radius 1 is 1.56 bits per heavy atom. The minimum Gasteiger partial charge on any atom is -0.508 e. The third-order valence-corrected chi connectivity index (χ3v) is 2.69. The van der Waals surface area contributed by atoms with E-state index < -0.39 is 22.6 Å². The van der Waals surface area contributed by atoms with Crippen LogP contribution in [0.2, 0.25) is 0 Å². The van der Waals surface area contributed by atoms with Crippen molar-refractivity contribution in [1.29, 1.82) is 0 Å². The van der Waals surface area contributed by atoms with Crippen molar-refractivity contribution in [3.8, 4) is 11.5 Å². The van der Waals surface area contributed by atoms with Crippen LogP contribution in [0.15, 0.2) is 18.2 Å². The Balaban J connectivity index is 2.17. The Hall–Kier alpha value is -2.15. The minimum atomic E-state index is -0.704. The number of aromatic hydroxyl groups is 1. The Labute approximate surface area is 103 Å². The molecule has 1 heterocycles. The van der Waals surface area contributed by atoms with E-state index in [0.717, 1.165) is 19.0 Å². The zero-order chi connectivity index (χ0) is 13.1. The highest BCUT2D eigenvalue weighted by molar-refractivity contribution is 5.79. The number of phenolic OH excluding ortho intramolecular Hbond substituents is 1. The predicted molar refractivity (Wildman–Crippen MR) is 61.4 cm³/mol. The number of carbonyl (C=O) groups is 1. The summed E-state index contributed by atoms with van der Waals surface area (Å²) in [5, 5.41) is 22.9. The highest BCUT2D eigenvalue weighted by Crippen LogP contribution is 2.31. The van der Waals surface area contributed by atoms with Crippen molar-refractivity contribution in [2.45, 2.75) is 18.9 Å². The second-order valence-electron chi connectivity index (χ2n) is 3.98. The summed E-state index contributed by atoms with van der Waals surface area (Å²) in [7, 11) is 0. The minimum absolute atomic E-state index is 0.156. The van der Waals surface area contributed by atoms with Gasteiger partial charge in [0.05, 0.1) is 11.0 Å². The Morgan fingerprint density at radius 3 is 2.94 bits per heavy atom. The van der Waals surface area contributed by atoms with Gasteiger partial charge in [0, 0.05) is 0 Å². The van der Waals surface area contributed by atoms with Crippen molar-refractivity contribution < 1.29 is 19.6 Å². The number of nitro groups is 1. The van der Waals surface area contributed by atoms with Crippen LogP contribution >= 0.6 is 0 Å². The lowest BCUT2D eigenvalue weighted by Gasteiger charge is -2.10. The summed E-state index contributed by atoms with van der Waals surface area (Å²) in [6, 6.07) is 2.97. The van der Waals surface area contributed by atoms with Gasteiger partial charge in [0.2, 0.25) is 5.75 Å². The van der Waals surface area contributed by atoms with E-state index >= 15 is 0 Å². The number of benzene rings is 1. The standard InChI is InChI=1S/C11H12N2O5/c14-7-3-4-10(9(6-7)13(16)17)18-11(15)8-2-1-5-12-8/h3-4,6,8,12,14H,1-2,5H2/t8-/m0/s1. The molecule has 1 aliphatic rings. The fourth-order valence-electron chi connectivity index (χ4n) is 1.80. The molecular weight excluding hydrogens is 240 g/mol. The zero-order valence-electron chi connectivity index (χ0n) is 9.46. The molecule has 0 aromatic heterocycles. The van der Waals surface area contributed by atoms with E-state index in [0.29, 0.717) is 6.42 Å². The van der Waals surface area contributed by atoms with E-state index in [-0.39, 0.29) is 11.5 Å². The molecule has 1 atom stereocenters. The Morgan fingerprint density at radius 2 is 2.33 bits per heavy atom. The number of nitro benzene ring substituents is 1.